The highest BCUT2D eigenvalue weighted by molar-refractivity contribution is 6.30. The summed E-state index contributed by atoms with van der Waals surface area (Å²) in [5.41, 5.74) is 5.76. The summed E-state index contributed by atoms with van der Waals surface area (Å²) in [5.74, 6) is 0. The number of hydrogen-bond donors (Lipinski definition) is 1. The van der Waals surface area contributed by atoms with Crippen molar-refractivity contribution in [1.82, 2.24) is 9.78 Å². The SMILES string of the molecule is Clc1ccc(-c2nn(-c3ccccc3)cc2C[NH2+]CCc2ccccc2)cc1. The molecule has 3 nitrogen and oxygen atoms in total. The molecule has 0 aliphatic heterocycles. The minimum atomic E-state index is 0.738. The predicted octanol–water partition coefficient (Wildman–Crippen LogP) is 4.50. The molecule has 0 aliphatic carbocycles. The molecule has 3 aromatic carbocycles. The summed E-state index contributed by atoms with van der Waals surface area (Å²) >= 11 is 6.07. The molecule has 1 aromatic heterocycles. The number of para-hydroxylation sites is 1. The van der Waals surface area contributed by atoms with Crippen molar-refractivity contribution >= 4 is 11.6 Å². The molecule has 4 rings (SSSR count). The molecule has 28 heavy (non-hydrogen) atoms. The maximum atomic E-state index is 6.07. The van der Waals surface area contributed by atoms with Crippen LogP contribution in [0.15, 0.2) is 91.1 Å². The van der Waals surface area contributed by atoms with Gasteiger partial charge in [0, 0.05) is 23.2 Å². The van der Waals surface area contributed by atoms with Gasteiger partial charge in [-0.05, 0) is 29.8 Å². The first-order chi connectivity index (χ1) is 13.8. The third-order valence-electron chi connectivity index (χ3n) is 4.77. The average Bonchev–Trinajstić information content (AvgIpc) is 3.17. The third-order valence-corrected chi connectivity index (χ3v) is 5.02. The van der Waals surface area contributed by atoms with E-state index in [1.165, 1.54) is 11.1 Å². The molecule has 0 radical (unpaired) electrons. The van der Waals surface area contributed by atoms with Gasteiger partial charge in [0.1, 0.15) is 12.2 Å². The minimum absolute atomic E-state index is 0.738. The lowest BCUT2D eigenvalue weighted by Gasteiger charge is -2.03. The highest BCUT2D eigenvalue weighted by Gasteiger charge is 2.13. The van der Waals surface area contributed by atoms with E-state index in [4.69, 9.17) is 16.7 Å². The molecule has 0 aliphatic rings. The summed E-state index contributed by atoms with van der Waals surface area (Å²) in [4.78, 5) is 0. The first-order valence-electron chi connectivity index (χ1n) is 9.55. The quantitative estimate of drug-likeness (QED) is 0.465. The topological polar surface area (TPSA) is 34.4 Å². The number of aromatic nitrogens is 2. The van der Waals surface area contributed by atoms with Gasteiger partial charge in [0.15, 0.2) is 0 Å². The summed E-state index contributed by atoms with van der Waals surface area (Å²) in [6.45, 7) is 1.93. The van der Waals surface area contributed by atoms with Crippen LogP contribution in [0.25, 0.3) is 16.9 Å². The molecule has 140 valence electrons. The second kappa shape index (κ2) is 8.87. The van der Waals surface area contributed by atoms with Crippen LogP contribution in [0.5, 0.6) is 0 Å². The zero-order valence-electron chi connectivity index (χ0n) is 15.6. The van der Waals surface area contributed by atoms with Crippen LogP contribution in [0.4, 0.5) is 0 Å². The fourth-order valence-corrected chi connectivity index (χ4v) is 3.42. The monoisotopic (exact) mass is 388 g/mol. The van der Waals surface area contributed by atoms with Crippen molar-refractivity contribution in [3.8, 4) is 16.9 Å². The number of rotatable bonds is 7. The van der Waals surface area contributed by atoms with Crippen LogP contribution in [-0.2, 0) is 13.0 Å². The van der Waals surface area contributed by atoms with E-state index in [2.05, 4.69) is 54.0 Å². The molecule has 4 heteroatoms. The zero-order chi connectivity index (χ0) is 19.2. The van der Waals surface area contributed by atoms with Gasteiger partial charge in [0.2, 0.25) is 0 Å². The van der Waals surface area contributed by atoms with Gasteiger partial charge in [-0.25, -0.2) is 4.68 Å². The van der Waals surface area contributed by atoms with Crippen LogP contribution in [0.3, 0.4) is 0 Å². The van der Waals surface area contributed by atoms with Gasteiger partial charge in [-0.1, -0.05) is 72.3 Å². The summed E-state index contributed by atoms with van der Waals surface area (Å²) in [6.07, 6.45) is 3.20. The van der Waals surface area contributed by atoms with Gasteiger partial charge in [-0.3, -0.25) is 0 Å². The standard InChI is InChI=1S/C24H22ClN3/c25-22-13-11-20(12-14-22)24-21(17-26-16-15-19-7-3-1-4-8-19)18-28(27-24)23-9-5-2-6-10-23/h1-14,18,26H,15-17H2/p+1. The normalized spacial score (nSPS) is 10.9. The van der Waals surface area contributed by atoms with Gasteiger partial charge in [0.25, 0.3) is 0 Å². The Balaban J connectivity index is 1.54. The number of halogens is 1. The molecule has 0 spiro atoms. The Morgan fingerprint density at radius 2 is 1.50 bits per heavy atom. The minimum Gasteiger partial charge on any atom is -0.342 e. The maximum Gasteiger partial charge on any atom is 0.105 e. The largest absolute Gasteiger partial charge is 0.342 e. The second-order valence-corrected chi connectivity index (χ2v) is 7.24. The Morgan fingerprint density at radius 1 is 0.821 bits per heavy atom. The summed E-state index contributed by atoms with van der Waals surface area (Å²) in [6, 6.07) is 28.7. The molecule has 0 amide bonds. The van der Waals surface area contributed by atoms with E-state index in [0.717, 1.165) is 41.5 Å². The smallest absolute Gasteiger partial charge is 0.105 e. The number of benzene rings is 3. The van der Waals surface area contributed by atoms with Crippen molar-refractivity contribution in [2.24, 2.45) is 0 Å². The Bertz CT molecular complexity index is 1010. The van der Waals surface area contributed by atoms with Crippen molar-refractivity contribution in [1.29, 1.82) is 0 Å². The highest BCUT2D eigenvalue weighted by Crippen LogP contribution is 2.24. The number of hydrogen-bond acceptors (Lipinski definition) is 1. The Labute approximate surface area is 170 Å². The molecule has 0 bridgehead atoms. The van der Waals surface area contributed by atoms with Crippen LogP contribution < -0.4 is 5.32 Å². The van der Waals surface area contributed by atoms with Crippen LogP contribution in [0.2, 0.25) is 5.02 Å². The van der Waals surface area contributed by atoms with Crippen LogP contribution in [0, 0.1) is 0 Å². The zero-order valence-corrected chi connectivity index (χ0v) is 16.4. The Kier molecular flexibility index (Phi) is 5.86. The van der Waals surface area contributed by atoms with Crippen molar-refractivity contribution < 1.29 is 5.32 Å². The van der Waals surface area contributed by atoms with E-state index in [0.29, 0.717) is 0 Å². The van der Waals surface area contributed by atoms with E-state index in [-0.39, 0.29) is 0 Å². The molecular weight excluding hydrogens is 366 g/mol. The van der Waals surface area contributed by atoms with Gasteiger partial charge < -0.3 is 5.32 Å². The van der Waals surface area contributed by atoms with E-state index in [1.54, 1.807) is 0 Å². The maximum absolute atomic E-state index is 6.07. The summed E-state index contributed by atoms with van der Waals surface area (Å²) in [7, 11) is 0. The van der Waals surface area contributed by atoms with E-state index in [9.17, 15) is 0 Å². The fraction of sp³-hybridized carbons (Fsp3) is 0.125. The predicted molar refractivity (Wildman–Crippen MR) is 115 cm³/mol. The van der Waals surface area contributed by atoms with Crippen LogP contribution in [-0.4, -0.2) is 16.3 Å². The molecule has 2 N–H and O–H groups in total. The molecular formula is C24H23ClN3+. The third kappa shape index (κ3) is 4.50. The lowest BCUT2D eigenvalue weighted by atomic mass is 10.1. The summed E-state index contributed by atoms with van der Waals surface area (Å²) in [5, 5.41) is 7.96. The highest BCUT2D eigenvalue weighted by atomic mass is 35.5. The molecule has 0 fully saturated rings. The van der Waals surface area contributed by atoms with Crippen molar-refractivity contribution in [2.75, 3.05) is 6.54 Å². The van der Waals surface area contributed by atoms with Crippen molar-refractivity contribution in [2.45, 2.75) is 13.0 Å². The fourth-order valence-electron chi connectivity index (χ4n) is 3.29. The molecule has 0 unspecified atom stereocenters. The van der Waals surface area contributed by atoms with Crippen LogP contribution in [0.1, 0.15) is 11.1 Å². The first kappa shape index (κ1) is 18.5. The summed E-state index contributed by atoms with van der Waals surface area (Å²) < 4.78 is 1.96. The molecule has 0 saturated heterocycles. The Morgan fingerprint density at radius 3 is 2.21 bits per heavy atom. The van der Waals surface area contributed by atoms with Crippen molar-refractivity contribution in [3.05, 3.63) is 107 Å². The van der Waals surface area contributed by atoms with Crippen LogP contribution >= 0.6 is 11.6 Å². The first-order valence-corrected chi connectivity index (χ1v) is 9.93. The van der Waals surface area contributed by atoms with Gasteiger partial charge in [-0.2, -0.15) is 5.10 Å². The van der Waals surface area contributed by atoms with E-state index >= 15 is 0 Å². The van der Waals surface area contributed by atoms with E-state index < -0.39 is 0 Å². The molecule has 1 heterocycles. The van der Waals surface area contributed by atoms with Crippen molar-refractivity contribution in [3.63, 3.8) is 0 Å². The molecule has 0 saturated carbocycles. The number of quaternary nitrogens is 1. The Hall–Kier alpha value is -2.88. The van der Waals surface area contributed by atoms with E-state index in [1.807, 2.05) is 47.1 Å². The number of nitrogens with two attached hydrogens (primary N) is 1. The second-order valence-electron chi connectivity index (χ2n) is 6.81. The lowest BCUT2D eigenvalue weighted by molar-refractivity contribution is -0.670. The van der Waals surface area contributed by atoms with Gasteiger partial charge in [-0.15, -0.1) is 0 Å². The van der Waals surface area contributed by atoms with Gasteiger partial charge in [0.05, 0.1) is 17.8 Å². The van der Waals surface area contributed by atoms with Gasteiger partial charge >= 0.3 is 0 Å². The number of nitrogens with zero attached hydrogens (tertiary/aromatic N) is 2. The lowest BCUT2D eigenvalue weighted by Crippen LogP contribution is -2.83. The molecule has 0 atom stereocenters. The molecule has 4 aromatic rings. The average molecular weight is 389 g/mol.